The number of thiazole rings is 1. The van der Waals surface area contributed by atoms with Gasteiger partial charge < -0.3 is 10.3 Å². The summed E-state index contributed by atoms with van der Waals surface area (Å²) in [7, 11) is -3.74. The number of carbonyl (C=O) groups is 1. The maximum Gasteiger partial charge on any atom is 0.272 e. The molecule has 4 aromatic rings. The third-order valence-corrected chi connectivity index (χ3v) is 6.31. The number of hydrogen-bond donors (Lipinski definition) is 3. The second-order valence-electron chi connectivity index (χ2n) is 5.84. The number of H-pyrrole nitrogens is 1. The zero-order chi connectivity index (χ0) is 19.7. The molecule has 0 bridgehead atoms. The molecular weight excluding hydrogens is 420 g/mol. The van der Waals surface area contributed by atoms with E-state index >= 15 is 0 Å². The number of hydrogen-bond acceptors (Lipinski definition) is 5. The van der Waals surface area contributed by atoms with Gasteiger partial charge in [-0.05, 0) is 48.5 Å². The minimum absolute atomic E-state index is 0.0703. The molecule has 2 aromatic carbocycles. The Hall–Kier alpha value is -2.88. The average Bonchev–Trinajstić information content (AvgIpc) is 3.31. The molecule has 2 aromatic heterocycles. The molecule has 0 spiro atoms. The molecule has 0 aliphatic rings. The maximum absolute atomic E-state index is 12.4. The van der Waals surface area contributed by atoms with Crippen molar-refractivity contribution >= 4 is 60.6 Å². The monoisotopic (exact) mass is 432 g/mol. The molecule has 7 nitrogen and oxygen atoms in total. The fourth-order valence-corrected chi connectivity index (χ4v) is 4.56. The van der Waals surface area contributed by atoms with Crippen LogP contribution in [0, 0.1) is 0 Å². The van der Waals surface area contributed by atoms with Crippen molar-refractivity contribution in [3.8, 4) is 0 Å². The standard InChI is InChI=1S/C18H13ClN4O3S2/c19-12-1-6-15-11(9-12)10-16(22-15)17(24)21-13-2-4-14(5-3-13)28(25,26)23-18-20-7-8-27-18/h1-10,22H,(H,20,23)(H,21,24). The van der Waals surface area contributed by atoms with Crippen LogP contribution in [0.5, 0.6) is 0 Å². The van der Waals surface area contributed by atoms with Gasteiger partial charge in [-0.2, -0.15) is 0 Å². The fourth-order valence-electron chi connectivity index (χ4n) is 2.59. The van der Waals surface area contributed by atoms with E-state index in [2.05, 4.69) is 20.0 Å². The summed E-state index contributed by atoms with van der Waals surface area (Å²) in [5, 5.41) is 6.10. The van der Waals surface area contributed by atoms with Crippen LogP contribution in [0.3, 0.4) is 0 Å². The lowest BCUT2D eigenvalue weighted by atomic mass is 10.2. The molecule has 0 aliphatic heterocycles. The second-order valence-corrected chi connectivity index (χ2v) is 8.85. The van der Waals surface area contributed by atoms with Gasteiger partial charge in [-0.1, -0.05) is 11.6 Å². The molecule has 0 saturated carbocycles. The fraction of sp³-hybridized carbons (Fsp3) is 0. The van der Waals surface area contributed by atoms with E-state index in [4.69, 9.17) is 11.6 Å². The van der Waals surface area contributed by atoms with Gasteiger partial charge in [0.1, 0.15) is 5.69 Å². The van der Waals surface area contributed by atoms with Gasteiger partial charge in [-0.15, -0.1) is 11.3 Å². The first-order valence-corrected chi connectivity index (χ1v) is 10.8. The molecule has 0 unspecified atom stereocenters. The molecule has 0 aliphatic carbocycles. The summed E-state index contributed by atoms with van der Waals surface area (Å²) in [5.74, 6) is -0.344. The van der Waals surface area contributed by atoms with Crippen molar-refractivity contribution in [1.29, 1.82) is 0 Å². The third-order valence-electron chi connectivity index (χ3n) is 3.90. The van der Waals surface area contributed by atoms with Crippen LogP contribution in [0.4, 0.5) is 10.8 Å². The number of nitrogens with one attached hydrogen (secondary N) is 3. The topological polar surface area (TPSA) is 104 Å². The highest BCUT2D eigenvalue weighted by Gasteiger charge is 2.16. The SMILES string of the molecule is O=C(Nc1ccc(S(=O)(=O)Nc2nccs2)cc1)c1cc2cc(Cl)ccc2[nH]1. The molecule has 0 saturated heterocycles. The van der Waals surface area contributed by atoms with Crippen molar-refractivity contribution in [2.45, 2.75) is 4.90 Å². The first-order valence-electron chi connectivity index (χ1n) is 8.03. The molecule has 0 atom stereocenters. The Morgan fingerprint density at radius 2 is 1.89 bits per heavy atom. The van der Waals surface area contributed by atoms with Crippen LogP contribution in [-0.4, -0.2) is 24.3 Å². The normalized spacial score (nSPS) is 11.5. The number of sulfonamides is 1. The molecule has 2 heterocycles. The minimum Gasteiger partial charge on any atom is -0.351 e. The van der Waals surface area contributed by atoms with E-state index < -0.39 is 10.0 Å². The van der Waals surface area contributed by atoms with Gasteiger partial charge in [-0.3, -0.25) is 9.52 Å². The van der Waals surface area contributed by atoms with Crippen LogP contribution in [-0.2, 0) is 10.0 Å². The number of nitrogens with zero attached hydrogens (tertiary/aromatic N) is 1. The Labute approximate surface area is 169 Å². The zero-order valence-corrected chi connectivity index (χ0v) is 16.5. The van der Waals surface area contributed by atoms with Gasteiger partial charge in [-0.25, -0.2) is 13.4 Å². The maximum atomic E-state index is 12.4. The number of benzene rings is 2. The highest BCUT2D eigenvalue weighted by atomic mass is 35.5. The lowest BCUT2D eigenvalue weighted by molar-refractivity contribution is 0.102. The Morgan fingerprint density at radius 3 is 2.61 bits per heavy atom. The molecule has 3 N–H and O–H groups in total. The van der Waals surface area contributed by atoms with Gasteiger partial charge >= 0.3 is 0 Å². The van der Waals surface area contributed by atoms with E-state index in [-0.39, 0.29) is 15.9 Å². The highest BCUT2D eigenvalue weighted by molar-refractivity contribution is 7.93. The van der Waals surface area contributed by atoms with Crippen LogP contribution >= 0.6 is 22.9 Å². The Kier molecular flexibility index (Phi) is 4.80. The number of aromatic nitrogens is 2. The van der Waals surface area contributed by atoms with E-state index in [0.717, 1.165) is 10.9 Å². The number of rotatable bonds is 5. The van der Waals surface area contributed by atoms with E-state index in [9.17, 15) is 13.2 Å². The van der Waals surface area contributed by atoms with Crippen LogP contribution < -0.4 is 10.0 Å². The van der Waals surface area contributed by atoms with E-state index in [1.165, 1.54) is 41.8 Å². The molecule has 0 fully saturated rings. The van der Waals surface area contributed by atoms with Gasteiger partial charge in [0.25, 0.3) is 15.9 Å². The summed E-state index contributed by atoms with van der Waals surface area (Å²) < 4.78 is 27.1. The number of anilines is 2. The predicted octanol–water partition coefficient (Wildman–Crippen LogP) is 4.33. The molecule has 28 heavy (non-hydrogen) atoms. The third kappa shape index (κ3) is 3.86. The molecule has 0 radical (unpaired) electrons. The van der Waals surface area contributed by atoms with Crippen LogP contribution in [0.1, 0.15) is 10.5 Å². The second kappa shape index (κ2) is 7.27. The summed E-state index contributed by atoms with van der Waals surface area (Å²) >= 11 is 7.15. The van der Waals surface area contributed by atoms with Gasteiger partial charge in [0.15, 0.2) is 5.13 Å². The van der Waals surface area contributed by atoms with Crippen LogP contribution in [0.15, 0.2) is 65.0 Å². The van der Waals surface area contributed by atoms with Gasteiger partial charge in [0.05, 0.1) is 4.90 Å². The zero-order valence-electron chi connectivity index (χ0n) is 14.1. The van der Waals surface area contributed by atoms with Crippen molar-refractivity contribution in [3.63, 3.8) is 0 Å². The summed E-state index contributed by atoms with van der Waals surface area (Å²) in [6.07, 6.45) is 1.51. The Morgan fingerprint density at radius 1 is 1.11 bits per heavy atom. The van der Waals surface area contributed by atoms with Crippen LogP contribution in [0.25, 0.3) is 10.9 Å². The van der Waals surface area contributed by atoms with E-state index in [1.807, 2.05) is 0 Å². The van der Waals surface area contributed by atoms with Crippen molar-refractivity contribution in [2.75, 3.05) is 10.0 Å². The lowest BCUT2D eigenvalue weighted by Gasteiger charge is -2.07. The molecule has 142 valence electrons. The quantitative estimate of drug-likeness (QED) is 0.436. The molecule has 1 amide bonds. The van der Waals surface area contributed by atoms with Crippen molar-refractivity contribution in [3.05, 3.63) is 70.8 Å². The minimum atomic E-state index is -3.74. The van der Waals surface area contributed by atoms with Gasteiger partial charge in [0.2, 0.25) is 0 Å². The largest absolute Gasteiger partial charge is 0.351 e. The smallest absolute Gasteiger partial charge is 0.272 e. The highest BCUT2D eigenvalue weighted by Crippen LogP contribution is 2.22. The first-order chi connectivity index (χ1) is 13.4. The summed E-state index contributed by atoms with van der Waals surface area (Å²) in [4.78, 5) is 19.4. The van der Waals surface area contributed by atoms with Crippen LogP contribution in [0.2, 0.25) is 5.02 Å². The summed E-state index contributed by atoms with van der Waals surface area (Å²) in [6, 6.07) is 12.9. The van der Waals surface area contributed by atoms with Crippen molar-refractivity contribution in [2.24, 2.45) is 0 Å². The van der Waals surface area contributed by atoms with E-state index in [1.54, 1.807) is 29.6 Å². The first kappa shape index (κ1) is 18.5. The van der Waals surface area contributed by atoms with Crippen molar-refractivity contribution in [1.82, 2.24) is 9.97 Å². The number of aromatic amines is 1. The van der Waals surface area contributed by atoms with Gasteiger partial charge in [0, 0.05) is 33.2 Å². The number of halogens is 1. The number of amides is 1. The molecule has 10 heteroatoms. The Balaban J connectivity index is 1.49. The number of carbonyl (C=O) groups excluding carboxylic acids is 1. The lowest BCUT2D eigenvalue weighted by Crippen LogP contribution is -2.14. The van der Waals surface area contributed by atoms with Crippen molar-refractivity contribution < 1.29 is 13.2 Å². The Bertz CT molecular complexity index is 1250. The van der Waals surface area contributed by atoms with E-state index in [0.29, 0.717) is 16.4 Å². The molecular formula is C18H13ClN4O3S2. The molecule has 4 rings (SSSR count). The predicted molar refractivity (Wildman–Crippen MR) is 111 cm³/mol. The summed E-state index contributed by atoms with van der Waals surface area (Å²) in [5.41, 5.74) is 1.64. The summed E-state index contributed by atoms with van der Waals surface area (Å²) in [6.45, 7) is 0. The number of fused-ring (bicyclic) bond motifs is 1. The average molecular weight is 433 g/mol.